The van der Waals surface area contributed by atoms with E-state index in [0.717, 1.165) is 0 Å². The number of rotatable bonds is 4. The summed E-state index contributed by atoms with van der Waals surface area (Å²) >= 11 is 5.38. The summed E-state index contributed by atoms with van der Waals surface area (Å²) in [7, 11) is 0. The normalized spacial score (nSPS) is 11.5. The molecule has 10 heteroatoms. The minimum absolute atomic E-state index is 0.446. The topological polar surface area (TPSA) is 55.8 Å². The second-order valence-electron chi connectivity index (χ2n) is 3.01. The van der Waals surface area contributed by atoms with Crippen molar-refractivity contribution in [3.05, 3.63) is 22.7 Å². The van der Waals surface area contributed by atoms with Crippen molar-refractivity contribution in [1.29, 1.82) is 0 Å². The van der Waals surface area contributed by atoms with Gasteiger partial charge in [-0.05, 0) is 6.07 Å². The lowest BCUT2D eigenvalue weighted by molar-refractivity contribution is -0.275. The van der Waals surface area contributed by atoms with Crippen LogP contribution in [0.2, 0.25) is 5.02 Å². The van der Waals surface area contributed by atoms with Crippen molar-refractivity contribution < 1.29 is 41.3 Å². The van der Waals surface area contributed by atoms with E-state index in [1.54, 1.807) is 0 Å². The highest BCUT2D eigenvalue weighted by molar-refractivity contribution is 6.31. The third kappa shape index (κ3) is 4.43. The standard InChI is InChI=1S/C9H4ClF5O4/c10-3-1-4(7(16)17)6(18-8(11)12)5(2-3)19-9(13,14)15/h1-2,8H,(H,16,17). The average Bonchev–Trinajstić information content (AvgIpc) is 2.18. The van der Waals surface area contributed by atoms with Crippen molar-refractivity contribution in [2.45, 2.75) is 13.0 Å². The monoisotopic (exact) mass is 306 g/mol. The summed E-state index contributed by atoms with van der Waals surface area (Å²) in [5, 5.41) is 8.26. The second kappa shape index (κ2) is 5.47. The van der Waals surface area contributed by atoms with E-state index in [1.807, 2.05) is 0 Å². The van der Waals surface area contributed by atoms with E-state index in [9.17, 15) is 26.7 Å². The molecule has 0 fully saturated rings. The first-order valence-corrected chi connectivity index (χ1v) is 4.75. The van der Waals surface area contributed by atoms with Crippen LogP contribution in [0.15, 0.2) is 12.1 Å². The molecule has 0 radical (unpaired) electrons. The van der Waals surface area contributed by atoms with Gasteiger partial charge in [0.15, 0.2) is 11.5 Å². The highest BCUT2D eigenvalue weighted by Gasteiger charge is 2.34. The largest absolute Gasteiger partial charge is 0.573 e. The number of carbonyl (C=O) groups is 1. The van der Waals surface area contributed by atoms with Gasteiger partial charge in [-0.15, -0.1) is 13.2 Å². The molecule has 0 aliphatic rings. The van der Waals surface area contributed by atoms with Crippen molar-refractivity contribution >= 4 is 17.6 Å². The molecule has 0 spiro atoms. The Kier molecular flexibility index (Phi) is 4.40. The van der Waals surface area contributed by atoms with E-state index in [0.29, 0.717) is 12.1 Å². The number of hydrogen-bond acceptors (Lipinski definition) is 3. The lowest BCUT2D eigenvalue weighted by atomic mass is 10.2. The third-order valence-electron chi connectivity index (χ3n) is 1.68. The van der Waals surface area contributed by atoms with Gasteiger partial charge >= 0.3 is 18.9 Å². The molecule has 0 heterocycles. The number of aromatic carboxylic acids is 1. The van der Waals surface area contributed by atoms with Crippen LogP contribution in [0.5, 0.6) is 11.5 Å². The van der Waals surface area contributed by atoms with Crippen LogP contribution in [0.1, 0.15) is 10.4 Å². The van der Waals surface area contributed by atoms with Crippen LogP contribution < -0.4 is 9.47 Å². The Morgan fingerprint density at radius 3 is 2.32 bits per heavy atom. The Balaban J connectivity index is 3.37. The molecule has 4 nitrogen and oxygen atoms in total. The van der Waals surface area contributed by atoms with E-state index in [-0.39, 0.29) is 0 Å². The summed E-state index contributed by atoms with van der Waals surface area (Å²) < 4.78 is 67.5. The smallest absolute Gasteiger partial charge is 0.478 e. The summed E-state index contributed by atoms with van der Waals surface area (Å²) in [5.41, 5.74) is -0.980. The summed E-state index contributed by atoms with van der Waals surface area (Å²) in [6, 6.07) is 1.17. The molecule has 0 aliphatic heterocycles. The van der Waals surface area contributed by atoms with E-state index in [2.05, 4.69) is 9.47 Å². The minimum atomic E-state index is -5.22. The average molecular weight is 307 g/mol. The summed E-state index contributed by atoms with van der Waals surface area (Å²) in [4.78, 5) is 10.8. The molecule has 0 bridgehead atoms. The summed E-state index contributed by atoms with van der Waals surface area (Å²) in [5.74, 6) is -4.33. The van der Waals surface area contributed by atoms with Gasteiger partial charge in [-0.3, -0.25) is 0 Å². The van der Waals surface area contributed by atoms with Gasteiger partial charge in [0.05, 0.1) is 0 Å². The predicted molar refractivity (Wildman–Crippen MR) is 51.7 cm³/mol. The molecule has 0 saturated heterocycles. The van der Waals surface area contributed by atoms with Crippen molar-refractivity contribution in [3.63, 3.8) is 0 Å². The third-order valence-corrected chi connectivity index (χ3v) is 1.90. The maximum atomic E-state index is 12.1. The lowest BCUT2D eigenvalue weighted by Gasteiger charge is -2.15. The zero-order valence-corrected chi connectivity index (χ0v) is 9.43. The molecule has 0 aliphatic carbocycles. The van der Waals surface area contributed by atoms with E-state index in [1.165, 1.54) is 0 Å². The van der Waals surface area contributed by atoms with Gasteiger partial charge in [0.2, 0.25) is 0 Å². The molecular weight excluding hydrogens is 303 g/mol. The Labute approximate surface area is 107 Å². The van der Waals surface area contributed by atoms with Gasteiger partial charge in [0.1, 0.15) is 5.56 Å². The fourth-order valence-corrected chi connectivity index (χ4v) is 1.35. The number of alkyl halides is 5. The summed E-state index contributed by atoms with van der Waals surface area (Å²) in [6.45, 7) is -3.53. The van der Waals surface area contributed by atoms with Crippen molar-refractivity contribution in [1.82, 2.24) is 0 Å². The molecule has 106 valence electrons. The Bertz CT molecular complexity index is 488. The first kappa shape index (κ1) is 15.3. The second-order valence-corrected chi connectivity index (χ2v) is 3.45. The number of carboxylic acid groups (broad SMARTS) is 1. The number of benzene rings is 1. The first-order chi connectivity index (χ1) is 8.60. The zero-order chi connectivity index (χ0) is 14.8. The van der Waals surface area contributed by atoms with Crippen LogP contribution in [0.4, 0.5) is 22.0 Å². The fourth-order valence-electron chi connectivity index (χ4n) is 1.14. The molecule has 1 rings (SSSR count). The highest BCUT2D eigenvalue weighted by atomic mass is 35.5. The van der Waals surface area contributed by atoms with E-state index < -0.39 is 41.0 Å². The molecule has 1 aromatic rings. The van der Waals surface area contributed by atoms with Crippen molar-refractivity contribution in [2.24, 2.45) is 0 Å². The van der Waals surface area contributed by atoms with Crippen LogP contribution in [0.25, 0.3) is 0 Å². The van der Waals surface area contributed by atoms with E-state index >= 15 is 0 Å². The summed E-state index contributed by atoms with van der Waals surface area (Å²) in [6.07, 6.45) is -5.22. The van der Waals surface area contributed by atoms with Gasteiger partial charge in [0.25, 0.3) is 0 Å². The van der Waals surface area contributed by atoms with Gasteiger partial charge in [-0.1, -0.05) is 11.6 Å². The molecule has 0 amide bonds. The first-order valence-electron chi connectivity index (χ1n) is 4.37. The molecule has 1 N–H and O–H groups in total. The zero-order valence-electron chi connectivity index (χ0n) is 8.67. The van der Waals surface area contributed by atoms with Crippen LogP contribution in [0.3, 0.4) is 0 Å². The molecule has 0 saturated carbocycles. The van der Waals surface area contributed by atoms with Crippen LogP contribution in [0, 0.1) is 0 Å². The van der Waals surface area contributed by atoms with Gasteiger partial charge < -0.3 is 14.6 Å². The molecule has 0 aromatic heterocycles. The number of ether oxygens (including phenoxy) is 2. The molecule has 1 aromatic carbocycles. The molecular formula is C9H4ClF5O4. The lowest BCUT2D eigenvalue weighted by Crippen LogP contribution is -2.19. The van der Waals surface area contributed by atoms with Gasteiger partial charge in [-0.25, -0.2) is 4.79 Å². The highest BCUT2D eigenvalue weighted by Crippen LogP contribution is 2.38. The van der Waals surface area contributed by atoms with Crippen LogP contribution >= 0.6 is 11.6 Å². The fraction of sp³-hybridized carbons (Fsp3) is 0.222. The number of carboxylic acids is 1. The van der Waals surface area contributed by atoms with Crippen LogP contribution in [-0.2, 0) is 0 Å². The van der Waals surface area contributed by atoms with Crippen molar-refractivity contribution in [3.8, 4) is 11.5 Å². The quantitative estimate of drug-likeness (QED) is 0.865. The van der Waals surface area contributed by atoms with Gasteiger partial charge in [0, 0.05) is 11.1 Å². The molecule has 19 heavy (non-hydrogen) atoms. The predicted octanol–water partition coefficient (Wildman–Crippen LogP) is 3.54. The van der Waals surface area contributed by atoms with Crippen molar-refractivity contribution in [2.75, 3.05) is 0 Å². The maximum absolute atomic E-state index is 12.1. The SMILES string of the molecule is O=C(O)c1cc(Cl)cc(OC(F)(F)F)c1OC(F)F. The molecule has 0 unspecified atom stereocenters. The van der Waals surface area contributed by atoms with Crippen LogP contribution in [-0.4, -0.2) is 24.0 Å². The Morgan fingerprint density at radius 2 is 1.89 bits per heavy atom. The Hall–Kier alpha value is -1.77. The molecule has 0 atom stereocenters. The Morgan fingerprint density at radius 1 is 1.32 bits per heavy atom. The number of halogens is 6. The van der Waals surface area contributed by atoms with E-state index in [4.69, 9.17) is 16.7 Å². The van der Waals surface area contributed by atoms with Gasteiger partial charge in [-0.2, -0.15) is 8.78 Å². The number of hydrogen-bond donors (Lipinski definition) is 1. The maximum Gasteiger partial charge on any atom is 0.573 e. The minimum Gasteiger partial charge on any atom is -0.478 e.